The number of hydrogen-bond acceptors (Lipinski definition) is 2. The van der Waals surface area contributed by atoms with Crippen LogP contribution in [0.4, 0.5) is 0 Å². The predicted octanol–water partition coefficient (Wildman–Crippen LogP) is 0.0748. The standard InChI is InChI=1S/C4H6N3/c1-2-7-4-5-3-6-7/h2-4H,1H3/q+1. The average molecular weight is 96.1 g/mol. The zero-order valence-electron chi connectivity index (χ0n) is 4.07. The van der Waals surface area contributed by atoms with Crippen molar-refractivity contribution in [1.82, 2.24) is 0 Å². The minimum atomic E-state index is 1.50. The maximum absolute atomic E-state index is 3.78. The lowest BCUT2D eigenvalue weighted by atomic mass is 10.9. The molecule has 0 unspecified atom stereocenters. The molecule has 1 heterocycles. The highest BCUT2D eigenvalue weighted by atomic mass is 15.4. The van der Waals surface area contributed by atoms with Gasteiger partial charge in [-0.3, -0.25) is 0 Å². The molecule has 3 heteroatoms. The van der Waals surface area contributed by atoms with Crippen LogP contribution in [0.3, 0.4) is 0 Å². The Labute approximate surface area is 41.7 Å². The number of rotatable bonds is 0. The van der Waals surface area contributed by atoms with E-state index in [4.69, 9.17) is 0 Å². The summed E-state index contributed by atoms with van der Waals surface area (Å²) in [6.07, 6.45) is 4.97. The van der Waals surface area contributed by atoms with Crippen LogP contribution in [0.5, 0.6) is 0 Å². The summed E-state index contributed by atoms with van der Waals surface area (Å²) in [5, 5.41) is 3.78. The van der Waals surface area contributed by atoms with Gasteiger partial charge < -0.3 is 0 Å². The van der Waals surface area contributed by atoms with Crippen LogP contribution in [0.15, 0.2) is 10.1 Å². The van der Waals surface area contributed by atoms with E-state index in [9.17, 15) is 0 Å². The Bertz CT molecular complexity index is 129. The van der Waals surface area contributed by atoms with Crippen molar-refractivity contribution in [2.24, 2.45) is 10.1 Å². The zero-order valence-corrected chi connectivity index (χ0v) is 4.07. The largest absolute Gasteiger partial charge is 0.313 e. The van der Waals surface area contributed by atoms with E-state index in [2.05, 4.69) is 10.1 Å². The molecule has 0 aromatic carbocycles. The van der Waals surface area contributed by atoms with Crippen LogP contribution in [0.1, 0.15) is 6.92 Å². The fourth-order valence-corrected chi connectivity index (χ4v) is 0.351. The molecule has 3 nitrogen and oxygen atoms in total. The van der Waals surface area contributed by atoms with Crippen molar-refractivity contribution in [2.45, 2.75) is 6.92 Å². The SMILES string of the molecule is CC=[N+]1C=NC=N1. The molecule has 0 radical (unpaired) electrons. The third-order valence-corrected chi connectivity index (χ3v) is 0.701. The first-order valence-corrected chi connectivity index (χ1v) is 2.07. The lowest BCUT2D eigenvalue weighted by Crippen LogP contribution is -1.94. The van der Waals surface area contributed by atoms with Crippen molar-refractivity contribution >= 4 is 18.9 Å². The van der Waals surface area contributed by atoms with Gasteiger partial charge in [0.1, 0.15) is 0 Å². The van der Waals surface area contributed by atoms with Gasteiger partial charge in [0, 0.05) is 0 Å². The van der Waals surface area contributed by atoms with E-state index in [1.165, 1.54) is 6.34 Å². The molecule has 0 saturated carbocycles. The Morgan fingerprint density at radius 1 is 1.71 bits per heavy atom. The van der Waals surface area contributed by atoms with Gasteiger partial charge in [0.2, 0.25) is 0 Å². The molecule has 0 saturated heterocycles. The summed E-state index contributed by atoms with van der Waals surface area (Å²) in [5.41, 5.74) is 0. The highest BCUT2D eigenvalue weighted by molar-refractivity contribution is 5.72. The van der Waals surface area contributed by atoms with Gasteiger partial charge in [-0.05, 0) is 17.0 Å². The minimum Gasteiger partial charge on any atom is -0.109 e. The second kappa shape index (κ2) is 1.64. The van der Waals surface area contributed by atoms with Crippen LogP contribution >= 0.6 is 0 Å². The Morgan fingerprint density at radius 2 is 2.57 bits per heavy atom. The molecule has 0 aromatic rings. The van der Waals surface area contributed by atoms with Crippen LogP contribution < -0.4 is 0 Å². The van der Waals surface area contributed by atoms with Crippen molar-refractivity contribution in [3.8, 4) is 0 Å². The molecule has 0 atom stereocenters. The van der Waals surface area contributed by atoms with Crippen LogP contribution in [0.2, 0.25) is 0 Å². The van der Waals surface area contributed by atoms with Crippen LogP contribution in [0, 0.1) is 0 Å². The van der Waals surface area contributed by atoms with Gasteiger partial charge in [0.25, 0.3) is 6.34 Å². The van der Waals surface area contributed by atoms with E-state index >= 15 is 0 Å². The van der Waals surface area contributed by atoms with Crippen molar-refractivity contribution in [2.75, 3.05) is 0 Å². The molecule has 1 rings (SSSR count). The summed E-state index contributed by atoms with van der Waals surface area (Å²) < 4.78 is 1.64. The van der Waals surface area contributed by atoms with E-state index in [1.54, 1.807) is 11.0 Å². The number of hydrazone groups is 1. The van der Waals surface area contributed by atoms with Gasteiger partial charge in [0.15, 0.2) is 0 Å². The van der Waals surface area contributed by atoms with Gasteiger partial charge in [-0.15, -0.1) is 4.68 Å². The Balaban J connectivity index is 2.79. The third kappa shape index (κ3) is 0.707. The fraction of sp³-hybridized carbons (Fsp3) is 0.250. The molecule has 36 valence electrons. The molecule has 0 fully saturated rings. The van der Waals surface area contributed by atoms with Gasteiger partial charge in [0.05, 0.1) is 6.21 Å². The maximum atomic E-state index is 3.78. The topological polar surface area (TPSA) is 27.7 Å². The summed E-state index contributed by atoms with van der Waals surface area (Å²) in [4.78, 5) is 3.71. The van der Waals surface area contributed by atoms with Crippen molar-refractivity contribution < 1.29 is 4.68 Å². The first-order chi connectivity index (χ1) is 3.43. The highest BCUT2D eigenvalue weighted by Gasteiger charge is 1.95. The van der Waals surface area contributed by atoms with Gasteiger partial charge >= 0.3 is 6.34 Å². The van der Waals surface area contributed by atoms with Crippen molar-refractivity contribution in [1.29, 1.82) is 0 Å². The van der Waals surface area contributed by atoms with Gasteiger partial charge in [-0.2, -0.15) is 0 Å². The van der Waals surface area contributed by atoms with Gasteiger partial charge in [-0.25, -0.2) is 0 Å². The smallest absolute Gasteiger partial charge is 0.109 e. The molecule has 1 aliphatic heterocycles. The summed E-state index contributed by atoms with van der Waals surface area (Å²) in [7, 11) is 0. The summed E-state index contributed by atoms with van der Waals surface area (Å²) in [5.74, 6) is 0. The predicted molar refractivity (Wildman–Crippen MR) is 29.0 cm³/mol. The molecule has 0 amide bonds. The molecular weight excluding hydrogens is 90.1 g/mol. The zero-order chi connectivity index (χ0) is 5.11. The van der Waals surface area contributed by atoms with E-state index in [-0.39, 0.29) is 0 Å². The van der Waals surface area contributed by atoms with Crippen molar-refractivity contribution in [3.63, 3.8) is 0 Å². The number of aliphatic imine (C=N–C) groups is 1. The van der Waals surface area contributed by atoms with Crippen molar-refractivity contribution in [3.05, 3.63) is 0 Å². The first-order valence-electron chi connectivity index (χ1n) is 2.07. The van der Waals surface area contributed by atoms with Crippen LogP contribution in [-0.4, -0.2) is 23.6 Å². The quantitative estimate of drug-likeness (QED) is 0.382. The fourth-order valence-electron chi connectivity index (χ4n) is 0.351. The lowest BCUT2D eigenvalue weighted by molar-refractivity contribution is -0.393. The summed E-state index contributed by atoms with van der Waals surface area (Å²) in [6.45, 7) is 1.90. The van der Waals surface area contributed by atoms with E-state index in [0.717, 1.165) is 0 Å². The summed E-state index contributed by atoms with van der Waals surface area (Å²) in [6, 6.07) is 0. The molecule has 1 aliphatic rings. The number of nitrogens with zero attached hydrogens (tertiary/aromatic N) is 3. The third-order valence-electron chi connectivity index (χ3n) is 0.701. The van der Waals surface area contributed by atoms with Gasteiger partial charge in [-0.1, -0.05) is 0 Å². The maximum Gasteiger partial charge on any atom is 0.313 e. The Kier molecular flexibility index (Phi) is 0.978. The normalized spacial score (nSPS) is 22.1. The van der Waals surface area contributed by atoms with Crippen LogP contribution in [-0.2, 0) is 0 Å². The molecule has 7 heavy (non-hydrogen) atoms. The monoisotopic (exact) mass is 96.1 g/mol. The van der Waals surface area contributed by atoms with E-state index in [1.807, 2.05) is 13.1 Å². The van der Waals surface area contributed by atoms with Crippen LogP contribution in [0.25, 0.3) is 0 Å². The molecular formula is C4H6N3+. The van der Waals surface area contributed by atoms with E-state index in [0.29, 0.717) is 0 Å². The second-order valence-corrected chi connectivity index (χ2v) is 1.13. The minimum absolute atomic E-state index is 1.50. The molecule has 0 N–H and O–H groups in total. The molecule has 0 bridgehead atoms. The lowest BCUT2D eigenvalue weighted by Gasteiger charge is -1.72. The number of hydrogen-bond donors (Lipinski definition) is 0. The first kappa shape index (κ1) is 4.18. The molecule has 0 aromatic heterocycles. The molecule has 0 spiro atoms. The summed E-state index contributed by atoms with van der Waals surface area (Å²) >= 11 is 0. The average Bonchev–Trinajstić information content (AvgIpc) is 2.14. The van der Waals surface area contributed by atoms with E-state index < -0.39 is 0 Å². The second-order valence-electron chi connectivity index (χ2n) is 1.13. The highest BCUT2D eigenvalue weighted by Crippen LogP contribution is 1.76. The Hall–Kier alpha value is -0.990. The Morgan fingerprint density at radius 3 is 2.86 bits per heavy atom. The molecule has 0 aliphatic carbocycles.